The maximum atomic E-state index is 13.6. The van der Waals surface area contributed by atoms with Gasteiger partial charge in [0.1, 0.15) is 19.0 Å². The van der Waals surface area contributed by atoms with E-state index in [1.54, 1.807) is 11.8 Å². The van der Waals surface area contributed by atoms with Crippen molar-refractivity contribution < 1.29 is 14.3 Å². The molecule has 194 valence electrons. The van der Waals surface area contributed by atoms with Crippen LogP contribution in [0.3, 0.4) is 0 Å². The quantitative estimate of drug-likeness (QED) is 0.274. The van der Waals surface area contributed by atoms with E-state index < -0.39 is 6.04 Å². The average molecular weight is 574 g/mol. The average Bonchev–Trinajstić information content (AvgIpc) is 3.37. The Hall–Kier alpha value is -4.11. The molecule has 1 amide bonds. The third kappa shape index (κ3) is 5.02. The number of allylic oxidation sites excluding steroid dienone is 1. The second kappa shape index (κ2) is 10.7. The number of aryl methyl sites for hydroxylation is 2. The minimum absolute atomic E-state index is 0.236. The topological polar surface area (TPSA) is 90.3 Å². The van der Waals surface area contributed by atoms with Crippen LogP contribution in [0.5, 0.6) is 11.5 Å². The van der Waals surface area contributed by atoms with E-state index in [2.05, 4.69) is 49.6 Å². The Balaban J connectivity index is 1.51. The van der Waals surface area contributed by atoms with Crippen LogP contribution in [-0.4, -0.2) is 27.8 Å². The standard InChI is InChI=1S/C29H28BrN5O3/c1-17-9-11-22(12-10-17)34-28(36)25-19(3)33-29-31-16-32-35(29)26(25)21-13-23(30)27(24(14-21)37-4)38-15-20-8-6-5-7-18(20)2/h5-14,16,26H,15H2,1-4H3,(H,34,36)(H,31,32,33). The molecule has 5 rings (SSSR count). The van der Waals surface area contributed by atoms with Crippen LogP contribution >= 0.6 is 15.9 Å². The Morgan fingerprint density at radius 2 is 1.87 bits per heavy atom. The molecule has 1 atom stereocenters. The minimum atomic E-state index is -0.546. The Bertz CT molecular complexity index is 1530. The van der Waals surface area contributed by atoms with Crippen LogP contribution < -0.4 is 20.1 Å². The minimum Gasteiger partial charge on any atom is -0.493 e. The van der Waals surface area contributed by atoms with E-state index >= 15 is 0 Å². The highest BCUT2D eigenvalue weighted by Gasteiger charge is 2.34. The van der Waals surface area contributed by atoms with Crippen LogP contribution in [0.4, 0.5) is 11.6 Å². The highest BCUT2D eigenvalue weighted by atomic mass is 79.9. The van der Waals surface area contributed by atoms with Crippen LogP contribution in [-0.2, 0) is 11.4 Å². The molecule has 9 heteroatoms. The summed E-state index contributed by atoms with van der Waals surface area (Å²) in [7, 11) is 1.60. The molecule has 0 radical (unpaired) electrons. The third-order valence-electron chi connectivity index (χ3n) is 6.55. The number of hydrogen-bond acceptors (Lipinski definition) is 6. The summed E-state index contributed by atoms with van der Waals surface area (Å²) < 4.78 is 14.3. The van der Waals surface area contributed by atoms with Crippen molar-refractivity contribution in [1.82, 2.24) is 14.8 Å². The monoisotopic (exact) mass is 573 g/mol. The molecule has 4 aromatic rings. The number of nitrogens with zero attached hydrogens (tertiary/aromatic N) is 3. The normalized spacial score (nSPS) is 14.5. The number of methoxy groups -OCH3 is 1. The number of benzene rings is 3. The molecule has 0 saturated heterocycles. The zero-order valence-electron chi connectivity index (χ0n) is 21.6. The van der Waals surface area contributed by atoms with Crippen LogP contribution in [0, 0.1) is 13.8 Å². The van der Waals surface area contributed by atoms with Gasteiger partial charge in [0.25, 0.3) is 5.91 Å². The van der Waals surface area contributed by atoms with Gasteiger partial charge in [-0.15, -0.1) is 0 Å². The number of carbonyl (C=O) groups excluding carboxylic acids is 1. The third-order valence-corrected chi connectivity index (χ3v) is 7.14. The van der Waals surface area contributed by atoms with E-state index in [0.717, 1.165) is 22.3 Å². The maximum absolute atomic E-state index is 13.6. The molecule has 2 N–H and O–H groups in total. The maximum Gasteiger partial charge on any atom is 0.255 e. The molecule has 3 aromatic carbocycles. The van der Waals surface area contributed by atoms with Gasteiger partial charge in [0.15, 0.2) is 11.5 Å². The molecule has 0 bridgehead atoms. The van der Waals surface area contributed by atoms with Crippen molar-refractivity contribution in [3.63, 3.8) is 0 Å². The molecular weight excluding hydrogens is 546 g/mol. The molecular formula is C29H28BrN5O3. The van der Waals surface area contributed by atoms with Gasteiger partial charge in [0.2, 0.25) is 5.95 Å². The second-order valence-corrected chi connectivity index (χ2v) is 10.0. The fraction of sp³-hybridized carbons (Fsp3) is 0.207. The largest absolute Gasteiger partial charge is 0.493 e. The van der Waals surface area contributed by atoms with Gasteiger partial charge in [-0.1, -0.05) is 42.0 Å². The fourth-order valence-corrected chi connectivity index (χ4v) is 5.06. The first-order valence-corrected chi connectivity index (χ1v) is 12.9. The molecule has 0 fully saturated rings. The van der Waals surface area contributed by atoms with Gasteiger partial charge in [-0.2, -0.15) is 10.1 Å². The number of halogens is 1. The fourth-order valence-electron chi connectivity index (χ4n) is 4.49. The number of nitrogens with one attached hydrogen (secondary N) is 2. The van der Waals surface area contributed by atoms with Crippen molar-refractivity contribution >= 4 is 33.5 Å². The van der Waals surface area contributed by atoms with Gasteiger partial charge in [-0.3, -0.25) is 4.79 Å². The van der Waals surface area contributed by atoms with Crippen molar-refractivity contribution in [2.24, 2.45) is 0 Å². The van der Waals surface area contributed by atoms with Crippen molar-refractivity contribution in [1.29, 1.82) is 0 Å². The molecule has 0 spiro atoms. The smallest absolute Gasteiger partial charge is 0.255 e. The number of ether oxygens (including phenoxy) is 2. The van der Waals surface area contributed by atoms with Crippen molar-refractivity contribution in [2.75, 3.05) is 17.7 Å². The molecule has 1 unspecified atom stereocenters. The van der Waals surface area contributed by atoms with Crippen molar-refractivity contribution in [3.05, 3.63) is 105 Å². The van der Waals surface area contributed by atoms with Gasteiger partial charge in [-0.25, -0.2) is 4.68 Å². The first-order chi connectivity index (χ1) is 18.4. The Kier molecular flexibility index (Phi) is 7.20. The van der Waals surface area contributed by atoms with Crippen molar-refractivity contribution in [2.45, 2.75) is 33.4 Å². The Labute approximate surface area is 229 Å². The predicted octanol–water partition coefficient (Wildman–Crippen LogP) is 6.17. The highest BCUT2D eigenvalue weighted by Crippen LogP contribution is 2.43. The van der Waals surface area contributed by atoms with Crippen LogP contribution in [0.1, 0.15) is 35.2 Å². The summed E-state index contributed by atoms with van der Waals surface area (Å²) in [5.74, 6) is 1.44. The van der Waals surface area contributed by atoms with E-state index in [0.29, 0.717) is 45.5 Å². The second-order valence-electron chi connectivity index (χ2n) is 9.16. The lowest BCUT2D eigenvalue weighted by molar-refractivity contribution is -0.113. The molecule has 0 aliphatic carbocycles. The van der Waals surface area contributed by atoms with Crippen molar-refractivity contribution in [3.8, 4) is 11.5 Å². The van der Waals surface area contributed by atoms with Gasteiger partial charge >= 0.3 is 0 Å². The summed E-state index contributed by atoms with van der Waals surface area (Å²) >= 11 is 3.68. The molecule has 1 aliphatic heterocycles. The number of amides is 1. The summed E-state index contributed by atoms with van der Waals surface area (Å²) in [5, 5.41) is 10.7. The number of aromatic nitrogens is 3. The number of carbonyl (C=O) groups is 1. The van der Waals surface area contributed by atoms with E-state index in [-0.39, 0.29) is 5.91 Å². The summed E-state index contributed by atoms with van der Waals surface area (Å²) in [6.45, 7) is 6.32. The summed E-state index contributed by atoms with van der Waals surface area (Å²) in [4.78, 5) is 18.0. The SMILES string of the molecule is COc1cc(C2C(C(=O)Nc3ccc(C)cc3)=C(C)Nc3ncnn32)cc(Br)c1OCc1ccccc1C. The van der Waals surface area contributed by atoms with E-state index in [4.69, 9.17) is 9.47 Å². The van der Waals surface area contributed by atoms with Gasteiger partial charge in [0.05, 0.1) is 17.2 Å². The number of anilines is 2. The van der Waals surface area contributed by atoms with Gasteiger partial charge < -0.3 is 20.1 Å². The number of hydrogen-bond donors (Lipinski definition) is 2. The lowest BCUT2D eigenvalue weighted by Crippen LogP contribution is -2.31. The molecule has 38 heavy (non-hydrogen) atoms. The van der Waals surface area contributed by atoms with E-state index in [1.165, 1.54) is 6.33 Å². The van der Waals surface area contributed by atoms with E-state index in [9.17, 15) is 4.79 Å². The summed E-state index contributed by atoms with van der Waals surface area (Å²) in [6.07, 6.45) is 1.47. The molecule has 2 heterocycles. The molecule has 1 aromatic heterocycles. The summed E-state index contributed by atoms with van der Waals surface area (Å²) in [6, 6.07) is 19.0. The molecule has 1 aliphatic rings. The Morgan fingerprint density at radius 3 is 2.61 bits per heavy atom. The highest BCUT2D eigenvalue weighted by molar-refractivity contribution is 9.10. The Morgan fingerprint density at radius 1 is 1.11 bits per heavy atom. The van der Waals surface area contributed by atoms with Crippen LogP contribution in [0.15, 0.2) is 82.7 Å². The lowest BCUT2D eigenvalue weighted by Gasteiger charge is -2.29. The van der Waals surface area contributed by atoms with Gasteiger partial charge in [0, 0.05) is 11.4 Å². The van der Waals surface area contributed by atoms with E-state index in [1.807, 2.05) is 68.4 Å². The molecule has 8 nitrogen and oxygen atoms in total. The lowest BCUT2D eigenvalue weighted by atomic mass is 9.94. The molecule has 0 saturated carbocycles. The summed E-state index contributed by atoms with van der Waals surface area (Å²) in [5.41, 5.74) is 6.06. The first kappa shape index (κ1) is 25.5. The number of rotatable bonds is 7. The first-order valence-electron chi connectivity index (χ1n) is 12.2. The van der Waals surface area contributed by atoms with Crippen LogP contribution in [0.25, 0.3) is 0 Å². The van der Waals surface area contributed by atoms with Crippen LogP contribution in [0.2, 0.25) is 0 Å². The zero-order chi connectivity index (χ0) is 26.8. The zero-order valence-corrected chi connectivity index (χ0v) is 23.2. The predicted molar refractivity (Wildman–Crippen MR) is 150 cm³/mol. The van der Waals surface area contributed by atoms with Gasteiger partial charge in [-0.05, 0) is 77.7 Å². The number of fused-ring (bicyclic) bond motifs is 1.